The van der Waals surface area contributed by atoms with Crippen LogP contribution in [0.1, 0.15) is 70.4 Å². The lowest BCUT2D eigenvalue weighted by Gasteiger charge is -2.39. The van der Waals surface area contributed by atoms with E-state index < -0.39 is 57.0 Å². The van der Waals surface area contributed by atoms with Gasteiger partial charge in [-0.3, -0.25) is 29.2 Å². The molecule has 2 aromatic heterocycles. The molecule has 3 N–H and O–H groups in total. The molecular weight excluding hydrogens is 912 g/mol. The predicted octanol–water partition coefficient (Wildman–Crippen LogP) is 5.88. The Labute approximate surface area is 397 Å². The maximum Gasteiger partial charge on any atom is 0.301 e. The van der Waals surface area contributed by atoms with E-state index >= 15 is 8.78 Å². The highest BCUT2D eigenvalue weighted by Crippen LogP contribution is 2.38. The van der Waals surface area contributed by atoms with E-state index in [1.807, 2.05) is 24.3 Å². The molecule has 6 aliphatic rings. The van der Waals surface area contributed by atoms with Gasteiger partial charge in [-0.2, -0.15) is 12.7 Å². The number of hydrogen-bond donors (Lipinski definition) is 3. The number of alkyl halides is 1. The Morgan fingerprint density at radius 3 is 2.36 bits per heavy atom. The second-order valence-electron chi connectivity index (χ2n) is 19.5. The van der Waals surface area contributed by atoms with E-state index in [9.17, 15) is 32.0 Å². The first-order valence-electron chi connectivity index (χ1n) is 23.8. The molecule has 0 spiro atoms. The van der Waals surface area contributed by atoms with Gasteiger partial charge in [-0.25, -0.2) is 18.2 Å². The molecule has 0 bridgehead atoms. The molecule has 4 atom stereocenters. The highest BCUT2D eigenvalue weighted by molar-refractivity contribution is 7.90. The van der Waals surface area contributed by atoms with Crippen molar-refractivity contribution in [3.63, 3.8) is 0 Å². The van der Waals surface area contributed by atoms with Crippen LogP contribution in [-0.2, 0) is 26.3 Å². The molecule has 360 valence electrons. The molecule has 0 aliphatic carbocycles. The average molecular weight is 964 g/mol. The van der Waals surface area contributed by atoms with Gasteiger partial charge in [-0.15, -0.1) is 0 Å². The summed E-state index contributed by atoms with van der Waals surface area (Å²) in [5.74, 6) is -2.60. The van der Waals surface area contributed by atoms with Crippen LogP contribution in [0.2, 0.25) is 0 Å². The van der Waals surface area contributed by atoms with Crippen molar-refractivity contribution in [2.45, 2.75) is 57.3 Å². The highest BCUT2D eigenvalue weighted by Gasteiger charge is 2.41. The molecule has 5 saturated heterocycles. The Hall–Kier alpha value is -6.31. The van der Waals surface area contributed by atoms with Crippen LogP contribution < -0.4 is 19.8 Å². The number of anilines is 3. The minimum Gasteiger partial charge on any atom is -0.372 e. The van der Waals surface area contributed by atoms with Crippen LogP contribution in [0.3, 0.4) is 0 Å². The van der Waals surface area contributed by atoms with Gasteiger partial charge in [0.05, 0.1) is 11.3 Å². The van der Waals surface area contributed by atoms with Crippen molar-refractivity contribution in [1.82, 2.24) is 29.4 Å². The van der Waals surface area contributed by atoms with E-state index in [0.29, 0.717) is 52.9 Å². The van der Waals surface area contributed by atoms with Crippen molar-refractivity contribution in [3.8, 4) is 11.1 Å². The Bertz CT molecular complexity index is 3000. The highest BCUT2D eigenvalue weighted by atomic mass is 32.2. The summed E-state index contributed by atoms with van der Waals surface area (Å²) in [6.07, 6.45) is 5.56. The lowest BCUT2D eigenvalue weighted by molar-refractivity contribution is -0.136. The SMILES string of the molecule is O=C1CCC(N2Cc3cc(N4CCC(CN5CC[C@@H]6CN(c7ccc(-c8cnc9[nH]cc(C(=O)c%10c(F)ccc(NS(=O)(=O)N%11CC[C@@H](F)C%11)c%10F)c9c8)cc7)C[C@@H]6C5)CC4)ccc3C2=O)C(=O)N1. The topological polar surface area (TPSA) is 171 Å². The van der Waals surface area contributed by atoms with Crippen molar-refractivity contribution in [3.05, 3.63) is 107 Å². The molecule has 0 saturated carbocycles. The van der Waals surface area contributed by atoms with Gasteiger partial charge < -0.3 is 24.6 Å². The molecule has 8 heterocycles. The van der Waals surface area contributed by atoms with Crippen molar-refractivity contribution in [2.24, 2.45) is 17.8 Å². The number of carbonyl (C=O) groups is 4. The quantitative estimate of drug-likeness (QED) is 0.107. The number of nitrogens with one attached hydrogen (secondary N) is 3. The van der Waals surface area contributed by atoms with E-state index in [2.05, 4.69) is 52.9 Å². The fourth-order valence-corrected chi connectivity index (χ4v) is 12.7. The molecule has 19 heteroatoms. The number of H-pyrrole nitrogens is 1. The fraction of sp³-hybridized carbons (Fsp3) is 0.420. The zero-order valence-electron chi connectivity index (χ0n) is 37.8. The number of imide groups is 1. The number of benzene rings is 3. The van der Waals surface area contributed by atoms with Crippen LogP contribution in [0.15, 0.2) is 73.1 Å². The summed E-state index contributed by atoms with van der Waals surface area (Å²) < 4.78 is 73.3. The Kier molecular flexibility index (Phi) is 11.7. The lowest BCUT2D eigenvalue weighted by Crippen LogP contribution is -2.52. The Morgan fingerprint density at radius 1 is 0.812 bits per heavy atom. The van der Waals surface area contributed by atoms with Gasteiger partial charge in [-0.05, 0) is 116 Å². The number of likely N-dealkylation sites (tertiary alicyclic amines) is 1. The third kappa shape index (κ3) is 8.62. The smallest absolute Gasteiger partial charge is 0.301 e. The third-order valence-electron chi connectivity index (χ3n) is 15.2. The number of fused-ring (bicyclic) bond motifs is 3. The number of nitrogens with zero attached hydrogens (tertiary/aromatic N) is 6. The van der Waals surface area contributed by atoms with Gasteiger partial charge in [0.25, 0.3) is 5.91 Å². The Balaban J connectivity index is 0.691. The predicted molar refractivity (Wildman–Crippen MR) is 253 cm³/mol. The molecule has 69 heavy (non-hydrogen) atoms. The number of amides is 3. The average Bonchev–Trinajstić information content (AvgIpc) is 4.15. The first-order valence-corrected chi connectivity index (χ1v) is 25.2. The number of carbonyl (C=O) groups excluding carboxylic acids is 4. The van der Waals surface area contributed by atoms with Gasteiger partial charge in [0, 0.05) is 111 Å². The third-order valence-corrected chi connectivity index (χ3v) is 16.7. The fourth-order valence-electron chi connectivity index (χ4n) is 11.4. The normalized spacial score (nSPS) is 23.8. The first-order chi connectivity index (χ1) is 33.3. The number of hydrogen-bond acceptors (Lipinski definition) is 10. The number of piperidine rings is 3. The minimum absolute atomic E-state index is 0.00548. The minimum atomic E-state index is -4.36. The zero-order valence-corrected chi connectivity index (χ0v) is 38.6. The van der Waals surface area contributed by atoms with Crippen molar-refractivity contribution in [2.75, 3.05) is 73.4 Å². The molecule has 5 aromatic rings. The summed E-state index contributed by atoms with van der Waals surface area (Å²) in [6.45, 7) is 6.97. The molecular formula is C50H52F3N9O6S. The number of aromatic amines is 1. The number of ketones is 1. The number of rotatable bonds is 11. The molecule has 6 aliphatic heterocycles. The molecule has 3 aromatic carbocycles. The monoisotopic (exact) mass is 963 g/mol. The largest absolute Gasteiger partial charge is 0.372 e. The second kappa shape index (κ2) is 17.9. The van der Waals surface area contributed by atoms with Crippen LogP contribution in [0.25, 0.3) is 22.2 Å². The van der Waals surface area contributed by atoms with Gasteiger partial charge in [-0.1, -0.05) is 12.1 Å². The standard InChI is InChI=1S/C50H52F3N9O6S/c51-35-14-18-61(28-35)69(67,68)57-42-8-7-41(52)45(46(42)53)47(64)40-22-55-48-39(40)20-32(21-54-48)30-1-3-36(4-2-30)60-25-31-13-15-58(24-34(31)26-60)23-29-11-16-59(17-12-29)37-5-6-38-33(19-37)27-62(50(38)66)43-9-10-44(63)56-49(43)65/h1-8,19-22,29,31,34-35,43,57H,9-18,23-28H2,(H,54,55)(H,56,63,65)/t31-,34+,35-,43?/m1/s1. The molecule has 11 rings (SSSR count). The maximum absolute atomic E-state index is 15.8. The van der Waals surface area contributed by atoms with Crippen molar-refractivity contribution < 1.29 is 40.8 Å². The summed E-state index contributed by atoms with van der Waals surface area (Å²) in [5.41, 5.74) is 4.06. The van der Waals surface area contributed by atoms with Crippen molar-refractivity contribution in [1.29, 1.82) is 0 Å². The summed E-state index contributed by atoms with van der Waals surface area (Å²) in [4.78, 5) is 67.7. The van der Waals surface area contributed by atoms with Gasteiger partial charge in [0.15, 0.2) is 5.82 Å². The molecule has 3 amide bonds. The maximum atomic E-state index is 15.8. The summed E-state index contributed by atoms with van der Waals surface area (Å²) >= 11 is 0. The Morgan fingerprint density at radius 2 is 1.59 bits per heavy atom. The molecule has 5 fully saturated rings. The van der Waals surface area contributed by atoms with E-state index in [1.165, 1.54) is 6.20 Å². The molecule has 15 nitrogen and oxygen atoms in total. The number of pyridine rings is 1. The molecule has 0 radical (unpaired) electrons. The van der Waals surface area contributed by atoms with Crippen LogP contribution in [0.5, 0.6) is 0 Å². The lowest BCUT2D eigenvalue weighted by atomic mass is 9.87. The zero-order chi connectivity index (χ0) is 47.7. The van der Waals surface area contributed by atoms with Crippen LogP contribution in [0.4, 0.5) is 30.2 Å². The van der Waals surface area contributed by atoms with Crippen LogP contribution in [-0.4, -0.2) is 127 Å². The van der Waals surface area contributed by atoms with Gasteiger partial charge in [0.2, 0.25) is 17.6 Å². The van der Waals surface area contributed by atoms with Crippen molar-refractivity contribution >= 4 is 61.8 Å². The van der Waals surface area contributed by atoms with E-state index in [0.717, 1.165) is 104 Å². The second-order valence-corrected chi connectivity index (χ2v) is 21.1. The van der Waals surface area contributed by atoms with Gasteiger partial charge in [0.1, 0.15) is 23.7 Å². The van der Waals surface area contributed by atoms with E-state index in [1.54, 1.807) is 17.2 Å². The summed E-state index contributed by atoms with van der Waals surface area (Å²) in [6, 6.07) is 17.0. The number of aromatic nitrogens is 2. The molecule has 1 unspecified atom stereocenters. The van der Waals surface area contributed by atoms with Gasteiger partial charge >= 0.3 is 10.2 Å². The van der Waals surface area contributed by atoms with Crippen LogP contribution in [0, 0.1) is 29.4 Å². The summed E-state index contributed by atoms with van der Waals surface area (Å²) in [5, 5.41) is 2.72. The van der Waals surface area contributed by atoms with Crippen LogP contribution >= 0.6 is 0 Å². The number of halogens is 3. The first kappa shape index (κ1) is 45.2. The van der Waals surface area contributed by atoms with E-state index in [4.69, 9.17) is 0 Å². The summed E-state index contributed by atoms with van der Waals surface area (Å²) in [7, 11) is -4.36. The van der Waals surface area contributed by atoms with E-state index in [-0.39, 0.29) is 43.3 Å².